The lowest BCUT2D eigenvalue weighted by Crippen LogP contribution is -2.28. The zero-order chi connectivity index (χ0) is 21.6. The van der Waals surface area contributed by atoms with Gasteiger partial charge in [-0.05, 0) is 67.1 Å². The molecule has 0 N–H and O–H groups in total. The first-order chi connectivity index (χ1) is 15.1. The third-order valence-electron chi connectivity index (χ3n) is 5.76. The molecule has 162 valence electrons. The number of hydrogen-bond acceptors (Lipinski definition) is 5. The highest BCUT2D eigenvalue weighted by Crippen LogP contribution is 2.23. The number of aromatic nitrogens is 2. The molecule has 4 rings (SSSR count). The SMILES string of the molecule is COc1ccc(CCC(=O)N2CCC(CCc3noc(-c4ccc(F)cc4)n3)C2)cc1. The van der Waals surface area contributed by atoms with Crippen LogP contribution in [0.1, 0.15) is 30.7 Å². The second kappa shape index (κ2) is 9.73. The van der Waals surface area contributed by atoms with Gasteiger partial charge in [0.2, 0.25) is 5.91 Å². The van der Waals surface area contributed by atoms with E-state index in [1.54, 1.807) is 19.2 Å². The molecule has 1 saturated heterocycles. The van der Waals surface area contributed by atoms with Crippen LogP contribution >= 0.6 is 0 Å². The second-order valence-electron chi connectivity index (χ2n) is 7.90. The number of likely N-dealkylation sites (tertiary alicyclic amines) is 1. The maximum absolute atomic E-state index is 13.1. The highest BCUT2D eigenvalue weighted by atomic mass is 19.1. The minimum absolute atomic E-state index is 0.205. The van der Waals surface area contributed by atoms with E-state index in [1.165, 1.54) is 12.1 Å². The summed E-state index contributed by atoms with van der Waals surface area (Å²) in [5.74, 6) is 2.21. The number of benzene rings is 2. The molecule has 0 bridgehead atoms. The van der Waals surface area contributed by atoms with Crippen LogP contribution in [-0.4, -0.2) is 41.1 Å². The van der Waals surface area contributed by atoms with Gasteiger partial charge in [-0.2, -0.15) is 4.98 Å². The molecular formula is C24H26FN3O3. The van der Waals surface area contributed by atoms with Crippen molar-refractivity contribution in [3.63, 3.8) is 0 Å². The first kappa shape index (κ1) is 21.0. The molecule has 0 spiro atoms. The van der Waals surface area contributed by atoms with Crippen LogP contribution in [-0.2, 0) is 17.6 Å². The minimum atomic E-state index is -0.298. The predicted molar refractivity (Wildman–Crippen MR) is 114 cm³/mol. The van der Waals surface area contributed by atoms with Gasteiger partial charge in [0.15, 0.2) is 5.82 Å². The van der Waals surface area contributed by atoms with E-state index in [-0.39, 0.29) is 11.7 Å². The standard InChI is InChI=1S/C24H26FN3O3/c1-30-21-10-2-17(3-11-21)5-13-23(29)28-15-14-18(16-28)4-12-22-26-24(31-27-22)19-6-8-20(25)9-7-19/h2-3,6-11,18H,4-5,12-16H2,1H3. The molecule has 1 unspecified atom stereocenters. The molecule has 31 heavy (non-hydrogen) atoms. The van der Waals surface area contributed by atoms with Gasteiger partial charge in [-0.25, -0.2) is 4.39 Å². The van der Waals surface area contributed by atoms with Gasteiger partial charge in [-0.3, -0.25) is 4.79 Å². The zero-order valence-electron chi connectivity index (χ0n) is 17.6. The number of carbonyl (C=O) groups excluding carboxylic acids is 1. The predicted octanol–water partition coefficient (Wildman–Crippen LogP) is 4.30. The molecule has 1 atom stereocenters. The molecule has 7 heteroatoms. The normalized spacial score (nSPS) is 15.9. The van der Waals surface area contributed by atoms with Crippen LogP contribution in [0.3, 0.4) is 0 Å². The van der Waals surface area contributed by atoms with Crippen molar-refractivity contribution in [3.05, 3.63) is 65.7 Å². The van der Waals surface area contributed by atoms with E-state index in [1.807, 2.05) is 29.2 Å². The maximum Gasteiger partial charge on any atom is 0.257 e. The van der Waals surface area contributed by atoms with E-state index >= 15 is 0 Å². The van der Waals surface area contributed by atoms with Gasteiger partial charge in [0.25, 0.3) is 5.89 Å². The molecule has 2 aromatic carbocycles. The van der Waals surface area contributed by atoms with Crippen molar-refractivity contribution in [1.82, 2.24) is 15.0 Å². The number of methoxy groups -OCH3 is 1. The number of ether oxygens (including phenoxy) is 1. The highest BCUT2D eigenvalue weighted by molar-refractivity contribution is 5.76. The lowest BCUT2D eigenvalue weighted by Gasteiger charge is -2.16. The molecule has 1 aliphatic rings. The first-order valence-electron chi connectivity index (χ1n) is 10.6. The van der Waals surface area contributed by atoms with E-state index in [0.29, 0.717) is 36.0 Å². The Morgan fingerprint density at radius 1 is 1.16 bits per heavy atom. The average Bonchev–Trinajstić information content (AvgIpc) is 3.47. The summed E-state index contributed by atoms with van der Waals surface area (Å²) >= 11 is 0. The molecule has 1 aromatic heterocycles. The number of amides is 1. The van der Waals surface area contributed by atoms with Crippen molar-refractivity contribution >= 4 is 5.91 Å². The van der Waals surface area contributed by atoms with Crippen LogP contribution in [0.25, 0.3) is 11.5 Å². The summed E-state index contributed by atoms with van der Waals surface area (Å²) in [4.78, 5) is 19.0. The van der Waals surface area contributed by atoms with E-state index in [0.717, 1.165) is 43.7 Å². The van der Waals surface area contributed by atoms with E-state index in [4.69, 9.17) is 9.26 Å². The van der Waals surface area contributed by atoms with Crippen LogP contribution in [0.2, 0.25) is 0 Å². The van der Waals surface area contributed by atoms with Gasteiger partial charge in [0.05, 0.1) is 7.11 Å². The molecule has 6 nitrogen and oxygen atoms in total. The van der Waals surface area contributed by atoms with Gasteiger partial charge in [0.1, 0.15) is 11.6 Å². The Bertz CT molecular complexity index is 1000. The largest absolute Gasteiger partial charge is 0.497 e. The zero-order valence-corrected chi connectivity index (χ0v) is 17.6. The Kier molecular flexibility index (Phi) is 6.60. The Balaban J connectivity index is 1.22. The van der Waals surface area contributed by atoms with Crippen LogP contribution < -0.4 is 4.74 Å². The highest BCUT2D eigenvalue weighted by Gasteiger charge is 2.26. The summed E-state index contributed by atoms with van der Waals surface area (Å²) in [5.41, 5.74) is 1.84. The van der Waals surface area contributed by atoms with Crippen LogP contribution in [0, 0.1) is 11.7 Å². The minimum Gasteiger partial charge on any atom is -0.497 e. The van der Waals surface area contributed by atoms with Gasteiger partial charge in [0, 0.05) is 31.5 Å². The molecular weight excluding hydrogens is 397 g/mol. The molecule has 0 radical (unpaired) electrons. The van der Waals surface area contributed by atoms with E-state index in [9.17, 15) is 9.18 Å². The van der Waals surface area contributed by atoms with Gasteiger partial charge < -0.3 is 14.2 Å². The van der Waals surface area contributed by atoms with Gasteiger partial charge in [-0.1, -0.05) is 17.3 Å². The van der Waals surface area contributed by atoms with Crippen molar-refractivity contribution in [2.75, 3.05) is 20.2 Å². The number of hydrogen-bond donors (Lipinski definition) is 0. The van der Waals surface area contributed by atoms with Crippen molar-refractivity contribution in [3.8, 4) is 17.2 Å². The summed E-state index contributed by atoms with van der Waals surface area (Å²) in [6.07, 6.45) is 3.86. The van der Waals surface area contributed by atoms with Crippen molar-refractivity contribution in [2.24, 2.45) is 5.92 Å². The smallest absolute Gasteiger partial charge is 0.257 e. The lowest BCUT2D eigenvalue weighted by atomic mass is 10.0. The third-order valence-corrected chi connectivity index (χ3v) is 5.76. The number of rotatable bonds is 8. The van der Waals surface area contributed by atoms with E-state index in [2.05, 4.69) is 10.1 Å². The number of halogens is 1. The second-order valence-corrected chi connectivity index (χ2v) is 7.90. The summed E-state index contributed by atoms with van der Waals surface area (Å²) in [6.45, 7) is 1.59. The lowest BCUT2D eigenvalue weighted by molar-refractivity contribution is -0.130. The van der Waals surface area contributed by atoms with Crippen LogP contribution in [0.4, 0.5) is 4.39 Å². The fraction of sp³-hybridized carbons (Fsp3) is 0.375. The fourth-order valence-electron chi connectivity index (χ4n) is 3.89. The number of aryl methyl sites for hydroxylation is 2. The molecule has 0 saturated carbocycles. The molecule has 0 aliphatic carbocycles. The van der Waals surface area contributed by atoms with Crippen molar-refractivity contribution < 1.29 is 18.4 Å². The first-order valence-corrected chi connectivity index (χ1v) is 10.6. The third kappa shape index (κ3) is 5.48. The fourth-order valence-corrected chi connectivity index (χ4v) is 3.89. The topological polar surface area (TPSA) is 68.5 Å². The Morgan fingerprint density at radius 2 is 1.94 bits per heavy atom. The monoisotopic (exact) mass is 423 g/mol. The van der Waals surface area contributed by atoms with Crippen LogP contribution in [0.5, 0.6) is 5.75 Å². The molecule has 1 amide bonds. The van der Waals surface area contributed by atoms with Gasteiger partial charge in [-0.15, -0.1) is 0 Å². The van der Waals surface area contributed by atoms with E-state index < -0.39 is 0 Å². The molecule has 1 aliphatic heterocycles. The molecule has 2 heterocycles. The Morgan fingerprint density at radius 3 is 2.68 bits per heavy atom. The van der Waals surface area contributed by atoms with Gasteiger partial charge >= 0.3 is 0 Å². The summed E-state index contributed by atoms with van der Waals surface area (Å²) in [6, 6.07) is 13.8. The number of nitrogens with zero attached hydrogens (tertiary/aromatic N) is 3. The average molecular weight is 423 g/mol. The van der Waals surface area contributed by atoms with Crippen molar-refractivity contribution in [2.45, 2.75) is 32.1 Å². The number of carbonyl (C=O) groups is 1. The molecule has 1 fully saturated rings. The van der Waals surface area contributed by atoms with Crippen LogP contribution in [0.15, 0.2) is 53.1 Å². The summed E-state index contributed by atoms with van der Waals surface area (Å²) in [7, 11) is 1.64. The Hall–Kier alpha value is -3.22. The quantitative estimate of drug-likeness (QED) is 0.540. The maximum atomic E-state index is 13.1. The summed E-state index contributed by atoms with van der Waals surface area (Å²) in [5, 5.41) is 4.04. The summed E-state index contributed by atoms with van der Waals surface area (Å²) < 4.78 is 23.5. The molecule has 3 aromatic rings. The Labute approximate surface area is 181 Å². The van der Waals surface area contributed by atoms with Crippen molar-refractivity contribution in [1.29, 1.82) is 0 Å².